The van der Waals surface area contributed by atoms with Crippen LogP contribution in [0.2, 0.25) is 0 Å². The Bertz CT molecular complexity index is 434. The smallest absolute Gasteiger partial charge is 0.165 e. The molecule has 0 aliphatic heterocycles. The molecule has 0 spiro atoms. The van der Waals surface area contributed by atoms with E-state index in [-0.39, 0.29) is 6.61 Å². The number of ether oxygens (including phenoxy) is 3. The molecule has 1 aromatic carbocycles. The zero-order chi connectivity index (χ0) is 15.7. The molecule has 1 aromatic rings. The SMILES string of the molecule is C=CCOc1ccc(OC)cc1OCC(O)CNC(C)C. The minimum atomic E-state index is -0.592. The van der Waals surface area contributed by atoms with Gasteiger partial charge in [0.15, 0.2) is 11.5 Å². The van der Waals surface area contributed by atoms with Crippen LogP contribution in [0, 0.1) is 0 Å². The van der Waals surface area contributed by atoms with Crippen LogP contribution in [0.4, 0.5) is 0 Å². The average molecular weight is 295 g/mol. The zero-order valence-corrected chi connectivity index (χ0v) is 13.0. The lowest BCUT2D eigenvalue weighted by Gasteiger charge is -2.17. The Hall–Kier alpha value is -1.72. The van der Waals surface area contributed by atoms with Crippen molar-refractivity contribution >= 4 is 0 Å². The molecule has 1 atom stereocenters. The number of aliphatic hydroxyl groups excluding tert-OH is 1. The van der Waals surface area contributed by atoms with Gasteiger partial charge in [0, 0.05) is 18.7 Å². The monoisotopic (exact) mass is 295 g/mol. The molecule has 0 heterocycles. The van der Waals surface area contributed by atoms with Gasteiger partial charge >= 0.3 is 0 Å². The molecule has 1 unspecified atom stereocenters. The summed E-state index contributed by atoms with van der Waals surface area (Å²) in [5.41, 5.74) is 0. The highest BCUT2D eigenvalue weighted by atomic mass is 16.5. The van der Waals surface area contributed by atoms with E-state index < -0.39 is 6.10 Å². The topological polar surface area (TPSA) is 60.0 Å². The first kappa shape index (κ1) is 17.3. The molecule has 0 saturated carbocycles. The first-order chi connectivity index (χ1) is 10.1. The number of rotatable bonds is 10. The Labute approximate surface area is 126 Å². The molecule has 118 valence electrons. The third kappa shape index (κ3) is 6.51. The van der Waals surface area contributed by atoms with Crippen LogP contribution in [0.25, 0.3) is 0 Å². The number of methoxy groups -OCH3 is 1. The highest BCUT2D eigenvalue weighted by molar-refractivity contribution is 5.45. The third-order valence-corrected chi connectivity index (χ3v) is 2.70. The van der Waals surface area contributed by atoms with Crippen LogP contribution in [0.15, 0.2) is 30.9 Å². The molecule has 0 aliphatic rings. The van der Waals surface area contributed by atoms with Gasteiger partial charge in [-0.15, -0.1) is 0 Å². The van der Waals surface area contributed by atoms with E-state index in [2.05, 4.69) is 11.9 Å². The van der Waals surface area contributed by atoms with Crippen molar-refractivity contribution in [3.05, 3.63) is 30.9 Å². The summed E-state index contributed by atoms with van der Waals surface area (Å²) in [7, 11) is 1.59. The second-order valence-electron chi connectivity index (χ2n) is 4.94. The molecule has 5 nitrogen and oxygen atoms in total. The van der Waals surface area contributed by atoms with E-state index in [1.807, 2.05) is 13.8 Å². The molecule has 0 bridgehead atoms. The van der Waals surface area contributed by atoms with Gasteiger partial charge in [0.2, 0.25) is 0 Å². The fourth-order valence-electron chi connectivity index (χ4n) is 1.61. The summed E-state index contributed by atoms with van der Waals surface area (Å²) in [6, 6.07) is 5.63. The Morgan fingerprint density at radius 3 is 2.67 bits per heavy atom. The minimum Gasteiger partial charge on any atom is -0.497 e. The van der Waals surface area contributed by atoms with Crippen LogP contribution in [0.3, 0.4) is 0 Å². The fraction of sp³-hybridized carbons (Fsp3) is 0.500. The maximum absolute atomic E-state index is 9.88. The maximum Gasteiger partial charge on any atom is 0.165 e. The minimum absolute atomic E-state index is 0.178. The van der Waals surface area contributed by atoms with Crippen molar-refractivity contribution in [2.24, 2.45) is 0 Å². The molecule has 2 N–H and O–H groups in total. The van der Waals surface area contributed by atoms with Crippen molar-refractivity contribution in [2.45, 2.75) is 26.0 Å². The third-order valence-electron chi connectivity index (χ3n) is 2.70. The lowest BCUT2D eigenvalue weighted by Crippen LogP contribution is -2.35. The number of nitrogens with one attached hydrogen (secondary N) is 1. The second-order valence-corrected chi connectivity index (χ2v) is 4.94. The first-order valence-corrected chi connectivity index (χ1v) is 7.02. The normalized spacial score (nSPS) is 12.0. The van der Waals surface area contributed by atoms with Crippen molar-refractivity contribution in [2.75, 3.05) is 26.9 Å². The maximum atomic E-state index is 9.88. The molecule has 0 radical (unpaired) electrons. The molecular formula is C16H25NO4. The predicted octanol–water partition coefficient (Wildman–Crippen LogP) is 2.00. The zero-order valence-electron chi connectivity index (χ0n) is 13.0. The Morgan fingerprint density at radius 2 is 2.05 bits per heavy atom. The summed E-state index contributed by atoms with van der Waals surface area (Å²) in [6.45, 7) is 8.71. The highest BCUT2D eigenvalue weighted by Gasteiger charge is 2.11. The lowest BCUT2D eigenvalue weighted by molar-refractivity contribution is 0.102. The summed E-state index contributed by atoms with van der Waals surface area (Å²) in [5, 5.41) is 13.0. The Morgan fingerprint density at radius 1 is 1.29 bits per heavy atom. The van der Waals surface area contributed by atoms with Crippen molar-refractivity contribution in [3.63, 3.8) is 0 Å². The Balaban J connectivity index is 2.63. The van der Waals surface area contributed by atoms with E-state index in [1.54, 1.807) is 31.4 Å². The van der Waals surface area contributed by atoms with Gasteiger partial charge in [-0.1, -0.05) is 26.5 Å². The van der Waals surface area contributed by atoms with Gasteiger partial charge in [0.05, 0.1) is 7.11 Å². The lowest BCUT2D eigenvalue weighted by atomic mass is 10.3. The van der Waals surface area contributed by atoms with Gasteiger partial charge in [-0.25, -0.2) is 0 Å². The molecule has 0 aromatic heterocycles. The van der Waals surface area contributed by atoms with Crippen LogP contribution < -0.4 is 19.5 Å². The van der Waals surface area contributed by atoms with E-state index in [4.69, 9.17) is 14.2 Å². The molecule has 0 saturated heterocycles. The molecule has 21 heavy (non-hydrogen) atoms. The van der Waals surface area contributed by atoms with Gasteiger partial charge in [-0.3, -0.25) is 0 Å². The molecule has 1 rings (SSSR count). The summed E-state index contributed by atoms with van der Waals surface area (Å²) < 4.78 is 16.3. The van der Waals surface area contributed by atoms with Gasteiger partial charge in [0.25, 0.3) is 0 Å². The predicted molar refractivity (Wildman–Crippen MR) is 83.3 cm³/mol. The van der Waals surface area contributed by atoms with Crippen LogP contribution in [0.5, 0.6) is 17.2 Å². The van der Waals surface area contributed by atoms with Crippen molar-refractivity contribution in [3.8, 4) is 17.2 Å². The molecular weight excluding hydrogens is 270 g/mol. The number of benzene rings is 1. The van der Waals surface area contributed by atoms with Gasteiger partial charge < -0.3 is 24.6 Å². The van der Waals surface area contributed by atoms with Crippen LogP contribution in [0.1, 0.15) is 13.8 Å². The van der Waals surface area contributed by atoms with Gasteiger partial charge in [0.1, 0.15) is 25.1 Å². The van der Waals surface area contributed by atoms with Crippen LogP contribution in [-0.4, -0.2) is 44.1 Å². The average Bonchev–Trinajstić information content (AvgIpc) is 2.49. The quantitative estimate of drug-likeness (QED) is 0.647. The molecule has 0 amide bonds. The van der Waals surface area contributed by atoms with E-state index >= 15 is 0 Å². The van der Waals surface area contributed by atoms with Gasteiger partial charge in [-0.2, -0.15) is 0 Å². The second kappa shape index (κ2) is 9.26. The first-order valence-electron chi connectivity index (χ1n) is 7.02. The molecule has 0 fully saturated rings. The Kier molecular flexibility index (Phi) is 7.64. The summed E-state index contributed by atoms with van der Waals surface area (Å²) >= 11 is 0. The van der Waals surface area contributed by atoms with Gasteiger partial charge in [-0.05, 0) is 12.1 Å². The molecule has 5 heteroatoms. The fourth-order valence-corrected chi connectivity index (χ4v) is 1.61. The van der Waals surface area contributed by atoms with Crippen molar-refractivity contribution in [1.29, 1.82) is 0 Å². The summed E-state index contributed by atoms with van der Waals surface area (Å²) in [4.78, 5) is 0. The highest BCUT2D eigenvalue weighted by Crippen LogP contribution is 2.31. The largest absolute Gasteiger partial charge is 0.497 e. The van der Waals surface area contributed by atoms with E-state index in [0.29, 0.717) is 36.4 Å². The summed E-state index contributed by atoms with van der Waals surface area (Å²) in [6.07, 6.45) is 1.07. The van der Waals surface area contributed by atoms with Crippen molar-refractivity contribution < 1.29 is 19.3 Å². The number of hydrogen-bond donors (Lipinski definition) is 2. The molecule has 0 aliphatic carbocycles. The standard InChI is InChI=1S/C16H25NO4/c1-5-8-20-15-7-6-14(19-4)9-16(15)21-11-13(18)10-17-12(2)3/h5-7,9,12-13,17-18H,1,8,10-11H2,2-4H3. The van der Waals surface area contributed by atoms with Crippen molar-refractivity contribution in [1.82, 2.24) is 5.32 Å². The summed E-state index contributed by atoms with van der Waals surface area (Å²) in [5.74, 6) is 1.81. The van der Waals surface area contributed by atoms with Crippen LogP contribution in [-0.2, 0) is 0 Å². The van der Waals surface area contributed by atoms with Crippen LogP contribution >= 0.6 is 0 Å². The number of hydrogen-bond acceptors (Lipinski definition) is 5. The number of aliphatic hydroxyl groups is 1. The van der Waals surface area contributed by atoms with E-state index in [0.717, 1.165) is 0 Å². The van der Waals surface area contributed by atoms with E-state index in [9.17, 15) is 5.11 Å². The van der Waals surface area contributed by atoms with E-state index in [1.165, 1.54) is 0 Å².